The first-order valence-electron chi connectivity index (χ1n) is 4.93. The summed E-state index contributed by atoms with van der Waals surface area (Å²) in [6, 6.07) is 3.33. The smallest absolute Gasteiger partial charge is 0.303 e. The van der Waals surface area contributed by atoms with Crippen LogP contribution in [0.5, 0.6) is 5.75 Å². The van der Waals surface area contributed by atoms with Crippen LogP contribution in [-0.2, 0) is 4.79 Å². The van der Waals surface area contributed by atoms with Crippen LogP contribution in [0.25, 0.3) is 0 Å². The van der Waals surface area contributed by atoms with E-state index in [1.807, 2.05) is 20.8 Å². The van der Waals surface area contributed by atoms with Crippen molar-refractivity contribution >= 4 is 5.97 Å². The molecule has 0 heterocycles. The molecule has 0 aliphatic rings. The zero-order valence-electron chi connectivity index (χ0n) is 9.24. The predicted molar refractivity (Wildman–Crippen MR) is 58.2 cm³/mol. The zero-order chi connectivity index (χ0) is 11.6. The molecule has 0 bridgehead atoms. The Labute approximate surface area is 89.4 Å². The lowest BCUT2D eigenvalue weighted by atomic mass is 9.90. The molecule has 82 valence electrons. The maximum Gasteiger partial charge on any atom is 0.303 e. The van der Waals surface area contributed by atoms with Gasteiger partial charge in [0, 0.05) is 0 Å². The molecule has 0 aromatic heterocycles. The normalized spacial score (nSPS) is 12.5. The number of phenolic OH excluding ortho intramolecular Hbond substituents is 1. The maximum absolute atomic E-state index is 10.6. The second-order valence-electron chi connectivity index (χ2n) is 3.99. The predicted octanol–water partition coefficient (Wildman–Crippen LogP) is 2.59. The highest BCUT2D eigenvalue weighted by atomic mass is 16.4. The molecule has 0 spiro atoms. The number of rotatable bonds is 3. The Morgan fingerprint density at radius 1 is 1.33 bits per heavy atom. The first kappa shape index (κ1) is 11.6. The zero-order valence-corrected chi connectivity index (χ0v) is 9.24. The fourth-order valence-corrected chi connectivity index (χ4v) is 2.09. The van der Waals surface area contributed by atoms with Crippen molar-refractivity contribution in [1.29, 1.82) is 0 Å². The van der Waals surface area contributed by atoms with Crippen molar-refractivity contribution in [3.8, 4) is 5.75 Å². The van der Waals surface area contributed by atoms with E-state index in [-0.39, 0.29) is 18.1 Å². The molecule has 0 aliphatic heterocycles. The number of hydrogen-bond acceptors (Lipinski definition) is 2. The van der Waals surface area contributed by atoms with E-state index in [1.54, 1.807) is 12.1 Å². The van der Waals surface area contributed by atoms with E-state index in [4.69, 9.17) is 5.11 Å². The SMILES string of the molecule is Cc1cc(O)cc(C)c1C(C)CC(=O)O. The summed E-state index contributed by atoms with van der Waals surface area (Å²) >= 11 is 0. The number of phenols is 1. The van der Waals surface area contributed by atoms with E-state index >= 15 is 0 Å². The molecule has 1 unspecified atom stereocenters. The molecule has 0 aliphatic carbocycles. The second kappa shape index (κ2) is 4.34. The Morgan fingerprint density at radius 3 is 2.20 bits per heavy atom. The number of hydrogen-bond donors (Lipinski definition) is 2. The van der Waals surface area contributed by atoms with Gasteiger partial charge in [0.05, 0.1) is 6.42 Å². The van der Waals surface area contributed by atoms with Gasteiger partial charge in [-0.2, -0.15) is 0 Å². The molecule has 0 fully saturated rings. The Hall–Kier alpha value is -1.51. The molecule has 3 nitrogen and oxygen atoms in total. The van der Waals surface area contributed by atoms with Gasteiger partial charge in [0.1, 0.15) is 5.75 Å². The first-order chi connectivity index (χ1) is 6.91. The largest absolute Gasteiger partial charge is 0.508 e. The van der Waals surface area contributed by atoms with Crippen molar-refractivity contribution < 1.29 is 15.0 Å². The molecule has 0 saturated carbocycles. The molecule has 1 atom stereocenters. The van der Waals surface area contributed by atoms with Gasteiger partial charge in [0.25, 0.3) is 0 Å². The topological polar surface area (TPSA) is 57.5 Å². The average molecular weight is 208 g/mol. The fraction of sp³-hybridized carbons (Fsp3) is 0.417. The standard InChI is InChI=1S/C12H16O3/c1-7-4-10(13)5-8(2)12(7)9(3)6-11(14)15/h4-5,9,13H,6H2,1-3H3,(H,14,15). The average Bonchev–Trinajstić information content (AvgIpc) is 1.99. The third-order valence-corrected chi connectivity index (χ3v) is 2.55. The molecular formula is C12H16O3. The van der Waals surface area contributed by atoms with Crippen molar-refractivity contribution in [2.24, 2.45) is 0 Å². The van der Waals surface area contributed by atoms with Crippen LogP contribution in [0.3, 0.4) is 0 Å². The Kier molecular flexibility index (Phi) is 3.35. The van der Waals surface area contributed by atoms with Gasteiger partial charge in [-0.05, 0) is 48.6 Å². The number of carboxylic acids is 1. The lowest BCUT2D eigenvalue weighted by Crippen LogP contribution is -2.06. The van der Waals surface area contributed by atoms with Crippen LogP contribution >= 0.6 is 0 Å². The van der Waals surface area contributed by atoms with Gasteiger partial charge in [-0.3, -0.25) is 4.79 Å². The Morgan fingerprint density at radius 2 is 1.80 bits per heavy atom. The van der Waals surface area contributed by atoms with E-state index in [0.29, 0.717) is 0 Å². The van der Waals surface area contributed by atoms with E-state index in [0.717, 1.165) is 16.7 Å². The van der Waals surface area contributed by atoms with E-state index in [9.17, 15) is 9.90 Å². The number of aryl methyl sites for hydroxylation is 2. The van der Waals surface area contributed by atoms with Crippen molar-refractivity contribution in [2.45, 2.75) is 33.1 Å². The van der Waals surface area contributed by atoms with Crippen LogP contribution in [0.2, 0.25) is 0 Å². The van der Waals surface area contributed by atoms with Crippen LogP contribution in [0.15, 0.2) is 12.1 Å². The van der Waals surface area contributed by atoms with Crippen LogP contribution in [0, 0.1) is 13.8 Å². The molecule has 1 rings (SSSR count). The van der Waals surface area contributed by atoms with Gasteiger partial charge in [0.2, 0.25) is 0 Å². The Balaban J connectivity index is 3.08. The third-order valence-electron chi connectivity index (χ3n) is 2.55. The Bertz CT molecular complexity index is 359. The van der Waals surface area contributed by atoms with Gasteiger partial charge in [-0.25, -0.2) is 0 Å². The fourth-order valence-electron chi connectivity index (χ4n) is 2.09. The van der Waals surface area contributed by atoms with Crippen LogP contribution < -0.4 is 0 Å². The highest BCUT2D eigenvalue weighted by Gasteiger charge is 2.15. The summed E-state index contributed by atoms with van der Waals surface area (Å²) in [7, 11) is 0. The van der Waals surface area contributed by atoms with E-state index in [2.05, 4.69) is 0 Å². The number of benzene rings is 1. The minimum atomic E-state index is -0.797. The molecule has 3 heteroatoms. The summed E-state index contributed by atoms with van der Waals surface area (Å²) in [4.78, 5) is 10.6. The van der Waals surface area contributed by atoms with Crippen LogP contribution in [0.4, 0.5) is 0 Å². The van der Waals surface area contributed by atoms with Gasteiger partial charge < -0.3 is 10.2 Å². The monoisotopic (exact) mass is 208 g/mol. The second-order valence-corrected chi connectivity index (χ2v) is 3.99. The van der Waals surface area contributed by atoms with E-state index in [1.165, 1.54) is 0 Å². The van der Waals surface area contributed by atoms with Crippen molar-refractivity contribution in [1.82, 2.24) is 0 Å². The van der Waals surface area contributed by atoms with Crippen molar-refractivity contribution in [3.05, 3.63) is 28.8 Å². The highest BCUT2D eigenvalue weighted by molar-refractivity contribution is 5.68. The van der Waals surface area contributed by atoms with Gasteiger partial charge in [0.15, 0.2) is 0 Å². The van der Waals surface area contributed by atoms with Gasteiger partial charge in [-0.15, -0.1) is 0 Å². The number of aliphatic carboxylic acids is 1. The molecule has 1 aromatic carbocycles. The maximum atomic E-state index is 10.6. The van der Waals surface area contributed by atoms with Gasteiger partial charge in [-0.1, -0.05) is 6.92 Å². The summed E-state index contributed by atoms with van der Waals surface area (Å²) in [6.45, 7) is 5.67. The lowest BCUT2D eigenvalue weighted by molar-refractivity contribution is -0.137. The quantitative estimate of drug-likeness (QED) is 0.802. The summed E-state index contributed by atoms with van der Waals surface area (Å²) < 4.78 is 0. The summed E-state index contributed by atoms with van der Waals surface area (Å²) in [5.74, 6) is -0.589. The molecule has 0 radical (unpaired) electrons. The lowest BCUT2D eigenvalue weighted by Gasteiger charge is -2.16. The molecule has 0 saturated heterocycles. The third kappa shape index (κ3) is 2.72. The first-order valence-corrected chi connectivity index (χ1v) is 4.93. The van der Waals surface area contributed by atoms with Crippen molar-refractivity contribution in [2.75, 3.05) is 0 Å². The number of carboxylic acid groups (broad SMARTS) is 1. The van der Waals surface area contributed by atoms with E-state index < -0.39 is 5.97 Å². The van der Waals surface area contributed by atoms with Crippen LogP contribution in [0.1, 0.15) is 36.0 Å². The highest BCUT2D eigenvalue weighted by Crippen LogP contribution is 2.29. The number of aromatic hydroxyl groups is 1. The van der Waals surface area contributed by atoms with Gasteiger partial charge >= 0.3 is 5.97 Å². The summed E-state index contributed by atoms with van der Waals surface area (Å²) in [6.07, 6.45) is 0.118. The molecule has 15 heavy (non-hydrogen) atoms. The minimum absolute atomic E-state index is 0.0249. The van der Waals surface area contributed by atoms with Crippen LogP contribution in [-0.4, -0.2) is 16.2 Å². The number of carbonyl (C=O) groups is 1. The summed E-state index contributed by atoms with van der Waals surface area (Å²) in [5, 5.41) is 18.1. The molecular weight excluding hydrogens is 192 g/mol. The molecule has 1 aromatic rings. The minimum Gasteiger partial charge on any atom is -0.508 e. The molecule has 2 N–H and O–H groups in total. The van der Waals surface area contributed by atoms with Crippen molar-refractivity contribution in [3.63, 3.8) is 0 Å². The molecule has 0 amide bonds. The summed E-state index contributed by atoms with van der Waals surface area (Å²) in [5.41, 5.74) is 2.91.